The number of hydrogen-bond donors (Lipinski definition) is 1. The van der Waals surface area contributed by atoms with Crippen molar-refractivity contribution < 1.29 is 5.11 Å². The van der Waals surface area contributed by atoms with E-state index in [0.717, 1.165) is 13.0 Å². The summed E-state index contributed by atoms with van der Waals surface area (Å²) < 4.78 is 0. The molecule has 2 nitrogen and oxygen atoms in total. The van der Waals surface area contributed by atoms with E-state index in [9.17, 15) is 5.11 Å². The van der Waals surface area contributed by atoms with Gasteiger partial charge in [0.15, 0.2) is 0 Å². The van der Waals surface area contributed by atoms with Crippen LogP contribution < -0.4 is 0 Å². The van der Waals surface area contributed by atoms with E-state index in [2.05, 4.69) is 38.9 Å². The standard InChI is InChI=1S/C14H23NO.ClH/c1-11(2)14(8-9-15(3)4)12-6-5-7-13(16)10-12;/h5-7,10-11,14,16H,8-9H2,1-4H3;1H/t14-;/m1./s1. The summed E-state index contributed by atoms with van der Waals surface area (Å²) in [5.74, 6) is 1.49. The minimum absolute atomic E-state index is 0. The molecule has 0 amide bonds. The highest BCUT2D eigenvalue weighted by Crippen LogP contribution is 2.29. The molecular formula is C14H24ClNO. The summed E-state index contributed by atoms with van der Waals surface area (Å²) in [4.78, 5) is 2.21. The predicted molar refractivity (Wildman–Crippen MR) is 76.1 cm³/mol. The van der Waals surface area contributed by atoms with Gasteiger partial charge < -0.3 is 10.0 Å². The van der Waals surface area contributed by atoms with Crippen molar-refractivity contribution in [1.29, 1.82) is 0 Å². The lowest BCUT2D eigenvalue weighted by atomic mass is 9.85. The van der Waals surface area contributed by atoms with E-state index >= 15 is 0 Å². The number of phenols is 1. The molecule has 1 aromatic carbocycles. The molecule has 0 aliphatic carbocycles. The van der Waals surface area contributed by atoms with Crippen molar-refractivity contribution in [3.8, 4) is 5.75 Å². The van der Waals surface area contributed by atoms with Crippen molar-refractivity contribution in [3.05, 3.63) is 29.8 Å². The molecule has 0 aliphatic heterocycles. The molecule has 0 radical (unpaired) electrons. The van der Waals surface area contributed by atoms with Crippen LogP contribution in [0.1, 0.15) is 31.7 Å². The normalized spacial score (nSPS) is 12.6. The molecule has 98 valence electrons. The quantitative estimate of drug-likeness (QED) is 0.873. The van der Waals surface area contributed by atoms with E-state index in [1.165, 1.54) is 5.56 Å². The monoisotopic (exact) mass is 257 g/mol. The van der Waals surface area contributed by atoms with Crippen LogP contribution in [0.2, 0.25) is 0 Å². The molecule has 1 N–H and O–H groups in total. The first-order chi connectivity index (χ1) is 7.50. The van der Waals surface area contributed by atoms with E-state index in [0.29, 0.717) is 17.6 Å². The first-order valence-corrected chi connectivity index (χ1v) is 5.94. The van der Waals surface area contributed by atoms with Crippen molar-refractivity contribution in [2.24, 2.45) is 5.92 Å². The van der Waals surface area contributed by atoms with Gasteiger partial charge in [-0.3, -0.25) is 0 Å². The van der Waals surface area contributed by atoms with Crippen LogP contribution in [0.15, 0.2) is 24.3 Å². The van der Waals surface area contributed by atoms with Gasteiger partial charge in [-0.25, -0.2) is 0 Å². The van der Waals surface area contributed by atoms with Crippen LogP contribution in [-0.2, 0) is 0 Å². The predicted octanol–water partition coefficient (Wildman–Crippen LogP) is 3.51. The molecule has 0 fully saturated rings. The summed E-state index contributed by atoms with van der Waals surface area (Å²) in [6.07, 6.45) is 1.13. The van der Waals surface area contributed by atoms with Crippen LogP contribution >= 0.6 is 12.4 Å². The average molecular weight is 258 g/mol. The highest BCUT2D eigenvalue weighted by atomic mass is 35.5. The zero-order chi connectivity index (χ0) is 12.1. The first kappa shape index (κ1) is 16.3. The van der Waals surface area contributed by atoms with Crippen LogP contribution in [0, 0.1) is 5.92 Å². The van der Waals surface area contributed by atoms with Crippen molar-refractivity contribution >= 4 is 12.4 Å². The van der Waals surface area contributed by atoms with Gasteiger partial charge in [-0.1, -0.05) is 26.0 Å². The van der Waals surface area contributed by atoms with E-state index in [1.54, 1.807) is 6.07 Å². The van der Waals surface area contributed by atoms with Gasteiger partial charge in [0.25, 0.3) is 0 Å². The number of aromatic hydroxyl groups is 1. The van der Waals surface area contributed by atoms with Gasteiger partial charge in [-0.15, -0.1) is 12.4 Å². The molecule has 0 saturated carbocycles. The van der Waals surface area contributed by atoms with Crippen molar-refractivity contribution in [2.45, 2.75) is 26.2 Å². The van der Waals surface area contributed by atoms with E-state index in [4.69, 9.17) is 0 Å². The maximum Gasteiger partial charge on any atom is 0.115 e. The smallest absolute Gasteiger partial charge is 0.115 e. The van der Waals surface area contributed by atoms with E-state index < -0.39 is 0 Å². The lowest BCUT2D eigenvalue weighted by Gasteiger charge is -2.23. The molecular weight excluding hydrogens is 234 g/mol. The molecule has 1 aromatic rings. The molecule has 3 heteroatoms. The Bertz CT molecular complexity index is 326. The molecule has 0 bridgehead atoms. The Morgan fingerprint density at radius 3 is 2.35 bits per heavy atom. The molecule has 1 atom stereocenters. The zero-order valence-corrected chi connectivity index (χ0v) is 12.0. The van der Waals surface area contributed by atoms with Crippen LogP contribution in [-0.4, -0.2) is 30.6 Å². The third-order valence-electron chi connectivity index (χ3n) is 2.99. The number of hydrogen-bond acceptors (Lipinski definition) is 2. The highest BCUT2D eigenvalue weighted by Gasteiger charge is 2.16. The molecule has 0 unspecified atom stereocenters. The topological polar surface area (TPSA) is 23.5 Å². The van der Waals surface area contributed by atoms with Crippen molar-refractivity contribution in [3.63, 3.8) is 0 Å². The summed E-state index contributed by atoms with van der Waals surface area (Å²) in [6.45, 7) is 5.56. The molecule has 1 rings (SSSR count). The fourth-order valence-corrected chi connectivity index (χ4v) is 2.04. The summed E-state index contributed by atoms with van der Waals surface area (Å²) >= 11 is 0. The Labute approximate surface area is 111 Å². The molecule has 0 heterocycles. The molecule has 0 spiro atoms. The minimum Gasteiger partial charge on any atom is -0.508 e. The van der Waals surface area contributed by atoms with Crippen LogP contribution in [0.25, 0.3) is 0 Å². The minimum atomic E-state index is 0. The largest absolute Gasteiger partial charge is 0.508 e. The number of phenolic OH excluding ortho intramolecular Hbond substituents is 1. The van der Waals surface area contributed by atoms with Gasteiger partial charge in [0.2, 0.25) is 0 Å². The number of rotatable bonds is 5. The number of nitrogens with zero attached hydrogens (tertiary/aromatic N) is 1. The van der Waals surface area contributed by atoms with Gasteiger partial charge in [0.05, 0.1) is 0 Å². The Balaban J connectivity index is 0.00000256. The van der Waals surface area contributed by atoms with Crippen LogP contribution in [0.3, 0.4) is 0 Å². The lowest BCUT2D eigenvalue weighted by molar-refractivity contribution is 0.351. The third kappa shape index (κ3) is 5.42. The summed E-state index contributed by atoms with van der Waals surface area (Å²) in [6, 6.07) is 7.66. The maximum atomic E-state index is 9.51. The Kier molecular flexibility index (Phi) is 7.24. The average Bonchev–Trinajstić information content (AvgIpc) is 2.17. The van der Waals surface area contributed by atoms with E-state index in [-0.39, 0.29) is 12.4 Å². The van der Waals surface area contributed by atoms with Crippen LogP contribution in [0.5, 0.6) is 5.75 Å². The second-order valence-corrected chi connectivity index (χ2v) is 5.04. The SMILES string of the molecule is CC(C)[C@@H](CCN(C)C)c1cccc(O)c1.Cl. The maximum absolute atomic E-state index is 9.51. The summed E-state index contributed by atoms with van der Waals surface area (Å²) in [7, 11) is 4.19. The molecule has 0 aromatic heterocycles. The Morgan fingerprint density at radius 1 is 1.24 bits per heavy atom. The first-order valence-electron chi connectivity index (χ1n) is 5.94. The molecule has 17 heavy (non-hydrogen) atoms. The molecule has 0 saturated heterocycles. The summed E-state index contributed by atoms with van der Waals surface area (Å²) in [5.41, 5.74) is 1.25. The van der Waals surface area contributed by atoms with Gasteiger partial charge in [0.1, 0.15) is 5.75 Å². The fraction of sp³-hybridized carbons (Fsp3) is 0.571. The van der Waals surface area contributed by atoms with Crippen LogP contribution in [0.4, 0.5) is 0 Å². The summed E-state index contributed by atoms with van der Waals surface area (Å²) in [5, 5.41) is 9.51. The van der Waals surface area contributed by atoms with E-state index in [1.807, 2.05) is 12.1 Å². The van der Waals surface area contributed by atoms with Gasteiger partial charge in [-0.05, 0) is 56.6 Å². The van der Waals surface area contributed by atoms with Gasteiger partial charge >= 0.3 is 0 Å². The highest BCUT2D eigenvalue weighted by molar-refractivity contribution is 5.85. The van der Waals surface area contributed by atoms with Gasteiger partial charge in [0, 0.05) is 0 Å². The third-order valence-corrected chi connectivity index (χ3v) is 2.99. The second-order valence-electron chi connectivity index (χ2n) is 5.04. The van der Waals surface area contributed by atoms with Gasteiger partial charge in [-0.2, -0.15) is 0 Å². The lowest BCUT2D eigenvalue weighted by Crippen LogP contribution is -2.18. The number of halogens is 1. The molecule has 0 aliphatic rings. The van der Waals surface area contributed by atoms with Crippen molar-refractivity contribution in [1.82, 2.24) is 4.90 Å². The Morgan fingerprint density at radius 2 is 1.88 bits per heavy atom. The van der Waals surface area contributed by atoms with Crippen molar-refractivity contribution in [2.75, 3.05) is 20.6 Å². The second kappa shape index (κ2) is 7.57. The number of benzene rings is 1. The fourth-order valence-electron chi connectivity index (χ4n) is 2.04. The zero-order valence-electron chi connectivity index (χ0n) is 11.2. The Hall–Kier alpha value is -0.730.